The molecule has 0 saturated heterocycles. The van der Waals surface area contributed by atoms with Crippen LogP contribution in [0.25, 0.3) is 0 Å². The van der Waals surface area contributed by atoms with Gasteiger partial charge in [0.15, 0.2) is 0 Å². The summed E-state index contributed by atoms with van der Waals surface area (Å²) in [7, 11) is 2.23. The summed E-state index contributed by atoms with van der Waals surface area (Å²) in [6.45, 7) is 16.9. The van der Waals surface area contributed by atoms with E-state index in [4.69, 9.17) is 18.8 Å². The van der Waals surface area contributed by atoms with Crippen LogP contribution in [0.3, 0.4) is 0 Å². The van der Waals surface area contributed by atoms with E-state index in [1.54, 1.807) is 0 Å². The first kappa shape index (κ1) is 42.4. The fourth-order valence-electron chi connectivity index (χ4n) is 11.3. The van der Waals surface area contributed by atoms with Gasteiger partial charge >= 0.3 is 0 Å². The molecule has 0 spiro atoms. The van der Waals surface area contributed by atoms with Crippen molar-refractivity contribution >= 4 is 10.1 Å². The fourth-order valence-corrected chi connectivity index (χ4v) is 11.7. The van der Waals surface area contributed by atoms with Crippen LogP contribution < -0.4 is 16.0 Å². The topological polar surface area (TPSA) is 121 Å². The predicted molar refractivity (Wildman–Crippen MR) is 203 cm³/mol. The zero-order valence-corrected chi connectivity index (χ0v) is 33.7. The number of ether oxygens (including phenoxy) is 3. The highest BCUT2D eigenvalue weighted by molar-refractivity contribution is 7.85. The fraction of sp³-hybridized carbons (Fsp3) is 1.00. The highest BCUT2D eigenvalue weighted by Crippen LogP contribution is 2.69. The summed E-state index contributed by atoms with van der Waals surface area (Å²) in [5, 5.41) is 9.44. The Kier molecular flexibility index (Phi) is 16.8. The van der Waals surface area contributed by atoms with Gasteiger partial charge < -0.3 is 35.1 Å². The molecule has 4 fully saturated rings. The van der Waals surface area contributed by atoms with Crippen molar-refractivity contribution in [3.63, 3.8) is 0 Å². The van der Waals surface area contributed by atoms with E-state index in [2.05, 4.69) is 55.6 Å². The summed E-state index contributed by atoms with van der Waals surface area (Å²) in [5.41, 5.74) is 0.317. The second-order valence-corrected chi connectivity index (χ2v) is 18.5. The normalized spacial score (nSPS) is 36.3. The minimum atomic E-state index is -4.03. The molecule has 0 aromatic carbocycles. The Morgan fingerprint density at radius 1 is 0.880 bits per heavy atom. The molecule has 2 unspecified atom stereocenters. The molecule has 0 aromatic rings. The first-order chi connectivity index (χ1) is 23.9. The van der Waals surface area contributed by atoms with Crippen LogP contribution in [0.4, 0.5) is 0 Å². The van der Waals surface area contributed by atoms with Gasteiger partial charge in [0.2, 0.25) is 0 Å². The van der Waals surface area contributed by atoms with Crippen molar-refractivity contribution in [2.45, 2.75) is 123 Å². The Morgan fingerprint density at radius 2 is 1.56 bits per heavy atom. The van der Waals surface area contributed by atoms with Crippen molar-refractivity contribution in [2.24, 2.45) is 46.3 Å². The van der Waals surface area contributed by atoms with Crippen LogP contribution >= 0.6 is 0 Å². The Labute approximate surface area is 306 Å². The molecule has 0 aliphatic heterocycles. The van der Waals surface area contributed by atoms with Crippen LogP contribution in [0.5, 0.6) is 0 Å². The van der Waals surface area contributed by atoms with Crippen molar-refractivity contribution in [1.82, 2.24) is 20.9 Å². The molecule has 0 radical (unpaired) electrons. The van der Waals surface area contributed by atoms with Gasteiger partial charge in [0.1, 0.15) is 5.88 Å². The van der Waals surface area contributed by atoms with Crippen LogP contribution in [0.15, 0.2) is 0 Å². The van der Waals surface area contributed by atoms with Gasteiger partial charge in [-0.05, 0) is 172 Å². The van der Waals surface area contributed by atoms with E-state index in [-0.39, 0.29) is 23.0 Å². The van der Waals surface area contributed by atoms with E-state index in [1.165, 1.54) is 32.1 Å². The third-order valence-electron chi connectivity index (χ3n) is 14.1. The Bertz CT molecular complexity index is 1100. The Hall–Kier alpha value is -0.370. The third-order valence-corrected chi connectivity index (χ3v) is 14.7. The standard InChI is InChI=1S/C39H76N4O6S/c1-8-43(7)21-9-13-29(2)32-14-15-33-37-34(27-36(39(32,33)4)49-24-12-20-42-28-50(44,45)46)38(3)17-16-31(47-22-10-18-40-5)25-30(38)26-35(37)48-23-11-19-41-6/h29-37,40-42H,8-28H2,1-7H3,(H,44,45,46)/t29-,30+,31-,32-,33+,34?,35-,36+,37?,38+,39-/m1/s1. The lowest BCUT2D eigenvalue weighted by atomic mass is 9.43. The van der Waals surface area contributed by atoms with Crippen molar-refractivity contribution in [2.75, 3.05) is 79.6 Å². The van der Waals surface area contributed by atoms with Gasteiger partial charge in [-0.25, -0.2) is 0 Å². The van der Waals surface area contributed by atoms with E-state index in [0.717, 1.165) is 77.9 Å². The maximum absolute atomic E-state index is 11.2. The van der Waals surface area contributed by atoms with Crippen LogP contribution in [0, 0.1) is 46.3 Å². The lowest BCUT2D eigenvalue weighted by Crippen LogP contribution is -2.63. The number of nitrogens with one attached hydrogen (secondary N) is 3. The summed E-state index contributed by atoms with van der Waals surface area (Å²) in [4.78, 5) is 2.43. The minimum Gasteiger partial charge on any atom is -0.378 e. The minimum absolute atomic E-state index is 0.0719. The average molecular weight is 729 g/mol. The predicted octanol–water partition coefficient (Wildman–Crippen LogP) is 5.43. The van der Waals surface area contributed by atoms with Crippen LogP contribution in [-0.4, -0.2) is 116 Å². The summed E-state index contributed by atoms with van der Waals surface area (Å²) in [6.07, 6.45) is 14.3. The molecule has 0 heterocycles. The molecule has 4 saturated carbocycles. The van der Waals surface area contributed by atoms with Gasteiger partial charge in [-0.15, -0.1) is 0 Å². The van der Waals surface area contributed by atoms with E-state index in [9.17, 15) is 8.42 Å². The number of fused-ring (bicyclic) bond motifs is 5. The van der Waals surface area contributed by atoms with Crippen LogP contribution in [0.1, 0.15) is 105 Å². The van der Waals surface area contributed by atoms with Gasteiger partial charge in [0, 0.05) is 25.2 Å². The number of hydrogen-bond acceptors (Lipinski definition) is 9. The first-order valence-corrected chi connectivity index (χ1v) is 22.0. The number of hydrogen-bond donors (Lipinski definition) is 4. The second-order valence-electron chi connectivity index (χ2n) is 17.1. The summed E-state index contributed by atoms with van der Waals surface area (Å²) in [6, 6.07) is 0. The van der Waals surface area contributed by atoms with E-state index in [0.29, 0.717) is 61.2 Å². The maximum atomic E-state index is 11.2. The number of rotatable bonds is 23. The zero-order valence-electron chi connectivity index (χ0n) is 32.9. The second kappa shape index (κ2) is 19.8. The summed E-state index contributed by atoms with van der Waals surface area (Å²) in [5.74, 6) is 3.08. The van der Waals surface area contributed by atoms with Crippen molar-refractivity contribution in [3.05, 3.63) is 0 Å². The molecule has 294 valence electrons. The van der Waals surface area contributed by atoms with Gasteiger partial charge in [0.05, 0.1) is 18.3 Å². The smallest absolute Gasteiger partial charge is 0.278 e. The summed E-state index contributed by atoms with van der Waals surface area (Å²) < 4.78 is 52.2. The van der Waals surface area contributed by atoms with Crippen LogP contribution in [-0.2, 0) is 24.3 Å². The molecular weight excluding hydrogens is 653 g/mol. The Morgan fingerprint density at radius 3 is 2.24 bits per heavy atom. The molecular formula is C39H76N4O6S. The number of nitrogens with zero attached hydrogens (tertiary/aromatic N) is 1. The van der Waals surface area contributed by atoms with Crippen molar-refractivity contribution in [3.8, 4) is 0 Å². The molecule has 11 atom stereocenters. The van der Waals surface area contributed by atoms with Gasteiger partial charge in [0.25, 0.3) is 10.1 Å². The maximum Gasteiger partial charge on any atom is 0.278 e. The Balaban J connectivity index is 1.58. The summed E-state index contributed by atoms with van der Waals surface area (Å²) >= 11 is 0. The SMILES string of the molecule is CCN(C)CCC[C@@H](C)[C@H]1CC[C@H]2C3C(C[C@H](OCCCNCS(=O)(=O)O)[C@]12C)[C@@]1(C)CC[C@@H](OCCCNC)C[C@H]1C[C@H]3OCCCNC. The molecule has 10 nitrogen and oxygen atoms in total. The van der Waals surface area contributed by atoms with Crippen molar-refractivity contribution < 1.29 is 27.2 Å². The molecule has 50 heavy (non-hydrogen) atoms. The van der Waals surface area contributed by atoms with Crippen molar-refractivity contribution in [1.29, 1.82) is 0 Å². The molecule has 11 heteroatoms. The monoisotopic (exact) mass is 729 g/mol. The third kappa shape index (κ3) is 10.6. The molecule has 0 amide bonds. The zero-order chi connectivity index (χ0) is 36.4. The highest BCUT2D eigenvalue weighted by Gasteiger charge is 2.66. The van der Waals surface area contributed by atoms with E-state index >= 15 is 0 Å². The van der Waals surface area contributed by atoms with E-state index < -0.39 is 16.0 Å². The van der Waals surface area contributed by atoms with Gasteiger partial charge in [-0.1, -0.05) is 27.7 Å². The lowest BCUT2D eigenvalue weighted by Gasteiger charge is -2.65. The first-order valence-electron chi connectivity index (χ1n) is 20.4. The highest BCUT2D eigenvalue weighted by atomic mass is 32.2. The quantitative estimate of drug-likeness (QED) is 0.0801. The average Bonchev–Trinajstić information content (AvgIpc) is 3.44. The van der Waals surface area contributed by atoms with Gasteiger partial charge in [-0.3, -0.25) is 4.55 Å². The lowest BCUT2D eigenvalue weighted by molar-refractivity contribution is -0.227. The molecule has 4 N–H and O–H groups in total. The van der Waals surface area contributed by atoms with E-state index in [1.807, 2.05) is 14.1 Å². The molecule has 0 bridgehead atoms. The van der Waals surface area contributed by atoms with Gasteiger partial charge in [-0.2, -0.15) is 8.42 Å². The van der Waals surface area contributed by atoms with Crippen LogP contribution in [0.2, 0.25) is 0 Å². The molecule has 0 aromatic heterocycles. The largest absolute Gasteiger partial charge is 0.378 e. The molecule has 4 aliphatic rings. The molecule has 4 rings (SSSR count). The molecule has 4 aliphatic carbocycles.